The minimum atomic E-state index is -0.453. The lowest BCUT2D eigenvalue weighted by Crippen LogP contribution is -2.34. The topological polar surface area (TPSA) is 29.3 Å². The van der Waals surface area contributed by atoms with Crippen molar-refractivity contribution in [2.75, 3.05) is 13.7 Å². The molecule has 1 unspecified atom stereocenters. The number of nitrogens with zero attached hydrogens (tertiary/aromatic N) is 1. The number of carbonyl (C=O) groups excluding carboxylic acids is 1. The second-order valence-electron chi connectivity index (χ2n) is 7.29. The summed E-state index contributed by atoms with van der Waals surface area (Å²) in [5, 5.41) is 4.45. The highest BCUT2D eigenvalue weighted by atomic mass is 32.1. The third-order valence-electron chi connectivity index (χ3n) is 5.50. The fourth-order valence-corrected chi connectivity index (χ4v) is 4.89. The van der Waals surface area contributed by atoms with E-state index in [0.29, 0.717) is 13.0 Å². The molecule has 2 aromatic carbocycles. The molecule has 0 saturated heterocycles. The summed E-state index contributed by atoms with van der Waals surface area (Å²) in [5.41, 5.74) is 3.01. The number of allylic oxidation sites excluding steroid dienone is 1. The number of carbonyl (C=O) groups is 1. The van der Waals surface area contributed by atoms with Gasteiger partial charge in [0, 0.05) is 22.6 Å². The summed E-state index contributed by atoms with van der Waals surface area (Å²) in [6.07, 6.45) is 4.60. The average Bonchev–Trinajstić information content (AvgIpc) is 3.26. The van der Waals surface area contributed by atoms with Gasteiger partial charge in [-0.1, -0.05) is 30.3 Å². The molecule has 0 bridgehead atoms. The molecule has 0 spiro atoms. The quantitative estimate of drug-likeness (QED) is 0.422. The minimum Gasteiger partial charge on any atom is -0.466 e. The van der Waals surface area contributed by atoms with Crippen molar-refractivity contribution in [3.8, 4) is 0 Å². The zero-order valence-electron chi connectivity index (χ0n) is 16.4. The van der Waals surface area contributed by atoms with E-state index in [1.807, 2.05) is 13.0 Å². The molecular weight excluding hydrogens is 366 g/mol. The van der Waals surface area contributed by atoms with Gasteiger partial charge >= 0.3 is 5.97 Å². The van der Waals surface area contributed by atoms with Gasteiger partial charge in [0.2, 0.25) is 5.69 Å². The lowest BCUT2D eigenvalue weighted by atomic mass is 9.74. The largest absolute Gasteiger partial charge is 0.466 e. The monoisotopic (exact) mass is 390 g/mol. The summed E-state index contributed by atoms with van der Waals surface area (Å²) in [6, 6.07) is 16.9. The predicted molar refractivity (Wildman–Crippen MR) is 117 cm³/mol. The molecule has 142 valence electrons. The van der Waals surface area contributed by atoms with E-state index < -0.39 is 5.41 Å². The van der Waals surface area contributed by atoms with E-state index >= 15 is 0 Å². The van der Waals surface area contributed by atoms with Gasteiger partial charge in [-0.2, -0.15) is 4.58 Å². The lowest BCUT2D eigenvalue weighted by molar-refractivity contribution is -0.401. The predicted octanol–water partition coefficient (Wildman–Crippen LogP) is 5.55. The van der Waals surface area contributed by atoms with Gasteiger partial charge in [0.15, 0.2) is 5.71 Å². The minimum absolute atomic E-state index is 0.166. The summed E-state index contributed by atoms with van der Waals surface area (Å²) in [4.78, 5) is 13.8. The van der Waals surface area contributed by atoms with Gasteiger partial charge in [-0.3, -0.25) is 4.79 Å². The van der Waals surface area contributed by atoms with Crippen LogP contribution in [0.3, 0.4) is 0 Å². The van der Waals surface area contributed by atoms with E-state index in [2.05, 4.69) is 78.5 Å². The Balaban J connectivity index is 1.89. The van der Waals surface area contributed by atoms with Crippen LogP contribution in [0.5, 0.6) is 0 Å². The van der Waals surface area contributed by atoms with Crippen molar-refractivity contribution in [1.82, 2.24) is 0 Å². The molecule has 1 aliphatic heterocycles. The molecule has 4 rings (SSSR count). The van der Waals surface area contributed by atoms with Crippen LogP contribution in [0.4, 0.5) is 5.69 Å². The van der Waals surface area contributed by atoms with Gasteiger partial charge in [0.05, 0.1) is 18.4 Å². The standard InChI is InChI=1S/C24H24NO2S/c1-4-27-22(26)16-24(2)21(14-12-18-9-7-15-28-18)25(3)20-13-11-17-8-5-6-10-19(17)23(20)24/h5-15H,4,16H2,1-3H3/q+1/b14-12+. The summed E-state index contributed by atoms with van der Waals surface area (Å²) < 4.78 is 7.55. The summed E-state index contributed by atoms with van der Waals surface area (Å²) in [5.74, 6) is -0.166. The van der Waals surface area contributed by atoms with E-state index in [9.17, 15) is 4.79 Å². The molecule has 3 aromatic rings. The van der Waals surface area contributed by atoms with Gasteiger partial charge in [-0.25, -0.2) is 0 Å². The van der Waals surface area contributed by atoms with Crippen LogP contribution in [0, 0.1) is 0 Å². The van der Waals surface area contributed by atoms with Gasteiger partial charge < -0.3 is 4.74 Å². The summed E-state index contributed by atoms with van der Waals surface area (Å²) in [6.45, 7) is 4.41. The van der Waals surface area contributed by atoms with Crippen molar-refractivity contribution >= 4 is 45.6 Å². The molecule has 0 saturated carbocycles. The van der Waals surface area contributed by atoms with E-state index in [1.165, 1.54) is 21.2 Å². The Kier molecular flexibility index (Phi) is 4.90. The molecule has 0 N–H and O–H groups in total. The van der Waals surface area contributed by atoms with Crippen LogP contribution in [0.2, 0.25) is 0 Å². The zero-order chi connectivity index (χ0) is 19.7. The van der Waals surface area contributed by atoms with Crippen LogP contribution < -0.4 is 0 Å². The van der Waals surface area contributed by atoms with Crippen LogP contribution in [0.25, 0.3) is 16.8 Å². The Hall–Kier alpha value is -2.72. The fourth-order valence-electron chi connectivity index (χ4n) is 4.27. The van der Waals surface area contributed by atoms with Crippen molar-refractivity contribution in [3.05, 3.63) is 70.4 Å². The first-order valence-corrected chi connectivity index (χ1v) is 10.4. The Morgan fingerprint density at radius 1 is 1.14 bits per heavy atom. The fraction of sp³-hybridized carbons (Fsp3) is 0.250. The maximum absolute atomic E-state index is 12.6. The van der Waals surface area contributed by atoms with Crippen molar-refractivity contribution in [2.24, 2.45) is 0 Å². The van der Waals surface area contributed by atoms with Crippen molar-refractivity contribution in [1.29, 1.82) is 0 Å². The molecule has 28 heavy (non-hydrogen) atoms. The highest BCUT2D eigenvalue weighted by Gasteiger charge is 2.49. The van der Waals surface area contributed by atoms with E-state index in [4.69, 9.17) is 4.74 Å². The van der Waals surface area contributed by atoms with E-state index in [0.717, 1.165) is 11.4 Å². The van der Waals surface area contributed by atoms with Crippen LogP contribution in [0.1, 0.15) is 30.7 Å². The first-order valence-electron chi connectivity index (χ1n) is 9.55. The molecule has 0 fully saturated rings. The Morgan fingerprint density at radius 3 is 2.71 bits per heavy atom. The third-order valence-corrected chi connectivity index (χ3v) is 6.34. The second kappa shape index (κ2) is 7.36. The Bertz CT molecular complexity index is 1100. The van der Waals surface area contributed by atoms with E-state index in [1.54, 1.807) is 11.3 Å². The summed E-state index contributed by atoms with van der Waals surface area (Å²) >= 11 is 1.71. The van der Waals surface area contributed by atoms with Gasteiger partial charge in [0.25, 0.3) is 0 Å². The molecule has 1 aliphatic rings. The molecule has 0 amide bonds. The molecular formula is C24H24NO2S+. The van der Waals surface area contributed by atoms with Crippen LogP contribution in [-0.4, -0.2) is 29.9 Å². The normalized spacial score (nSPS) is 18.8. The summed E-state index contributed by atoms with van der Waals surface area (Å²) in [7, 11) is 2.08. The maximum Gasteiger partial charge on any atom is 0.307 e. The van der Waals surface area contributed by atoms with Gasteiger partial charge in [0.1, 0.15) is 7.05 Å². The first-order chi connectivity index (χ1) is 13.5. The van der Waals surface area contributed by atoms with Crippen LogP contribution in [-0.2, 0) is 14.9 Å². The molecule has 0 radical (unpaired) electrons. The average molecular weight is 391 g/mol. The highest BCUT2D eigenvalue weighted by Crippen LogP contribution is 2.46. The number of benzene rings is 2. The Labute approximate surface area is 169 Å². The van der Waals surface area contributed by atoms with Crippen LogP contribution >= 0.6 is 11.3 Å². The smallest absolute Gasteiger partial charge is 0.307 e. The Morgan fingerprint density at radius 2 is 1.96 bits per heavy atom. The zero-order valence-corrected chi connectivity index (χ0v) is 17.3. The number of hydrogen-bond acceptors (Lipinski definition) is 3. The number of ether oxygens (including phenoxy) is 1. The van der Waals surface area contributed by atoms with Crippen LogP contribution in [0.15, 0.2) is 60.0 Å². The van der Waals surface area contributed by atoms with Crippen molar-refractivity contribution in [2.45, 2.75) is 25.7 Å². The molecule has 0 aliphatic carbocycles. The molecule has 3 nitrogen and oxygen atoms in total. The molecule has 4 heteroatoms. The lowest BCUT2D eigenvalue weighted by Gasteiger charge is -2.22. The molecule has 1 atom stereocenters. The highest BCUT2D eigenvalue weighted by molar-refractivity contribution is 7.10. The van der Waals surface area contributed by atoms with Gasteiger partial charge in [-0.15, -0.1) is 11.3 Å². The molecule has 2 heterocycles. The van der Waals surface area contributed by atoms with Gasteiger partial charge in [-0.05, 0) is 48.2 Å². The van der Waals surface area contributed by atoms with Crippen molar-refractivity contribution in [3.63, 3.8) is 0 Å². The maximum atomic E-state index is 12.6. The number of rotatable bonds is 5. The first kappa shape index (κ1) is 18.6. The number of fused-ring (bicyclic) bond motifs is 3. The second-order valence-corrected chi connectivity index (χ2v) is 8.27. The van der Waals surface area contributed by atoms with Crippen molar-refractivity contribution < 1.29 is 14.1 Å². The van der Waals surface area contributed by atoms with E-state index in [-0.39, 0.29) is 5.97 Å². The molecule has 1 aromatic heterocycles. The number of hydrogen-bond donors (Lipinski definition) is 0. The number of esters is 1. The third kappa shape index (κ3) is 3.08. The number of thiophene rings is 1. The SMILES string of the molecule is CCOC(=O)CC1(C)C(/C=C/c2cccs2)=[N+](C)c2ccc3ccccc3c21.